The van der Waals surface area contributed by atoms with Gasteiger partial charge in [-0.15, -0.1) is 0 Å². The van der Waals surface area contributed by atoms with Gasteiger partial charge in [0.05, 0.1) is 0 Å². The molecule has 0 aliphatic rings. The smallest absolute Gasteiger partial charge is 0.407 e. The normalized spacial score (nSPS) is 12.7. The first kappa shape index (κ1) is 23.9. The monoisotopic (exact) mass is 370 g/mol. The molecule has 0 aromatic carbocycles. The standard InChI is InChI=1S/C19H34N2O5/c1-13(2)15(22)21-14(16(23)25-18(3,4)5)11-9-10-12-20-17(24)26-19(6,7)8/h14H,1,9-12H2,2-8H3,(H,20,24)(H,21,22). The highest BCUT2D eigenvalue weighted by molar-refractivity contribution is 5.95. The summed E-state index contributed by atoms with van der Waals surface area (Å²) in [5.74, 6) is -0.861. The number of carbonyl (C=O) groups excluding carboxylic acids is 3. The minimum atomic E-state index is -0.750. The molecule has 0 saturated carbocycles. The minimum Gasteiger partial charge on any atom is -0.458 e. The molecule has 7 heteroatoms. The highest BCUT2D eigenvalue weighted by atomic mass is 16.6. The molecule has 0 saturated heterocycles. The van der Waals surface area contributed by atoms with Gasteiger partial charge in [0.2, 0.25) is 5.91 Å². The number of nitrogens with one attached hydrogen (secondary N) is 2. The van der Waals surface area contributed by atoms with Gasteiger partial charge in [-0.25, -0.2) is 9.59 Å². The maximum absolute atomic E-state index is 12.3. The zero-order valence-corrected chi connectivity index (χ0v) is 17.2. The van der Waals surface area contributed by atoms with Gasteiger partial charge in [0.25, 0.3) is 0 Å². The summed E-state index contributed by atoms with van der Waals surface area (Å²) in [5.41, 5.74) is -0.856. The van der Waals surface area contributed by atoms with E-state index in [2.05, 4.69) is 17.2 Å². The maximum atomic E-state index is 12.3. The molecule has 0 rings (SSSR count). The Hall–Kier alpha value is -2.05. The van der Waals surface area contributed by atoms with E-state index in [1.807, 2.05) is 0 Å². The fourth-order valence-corrected chi connectivity index (χ4v) is 1.88. The lowest BCUT2D eigenvalue weighted by Crippen LogP contribution is -2.44. The first-order chi connectivity index (χ1) is 11.7. The van der Waals surface area contributed by atoms with E-state index in [0.717, 1.165) is 0 Å². The Balaban J connectivity index is 4.47. The van der Waals surface area contributed by atoms with E-state index in [4.69, 9.17) is 9.47 Å². The van der Waals surface area contributed by atoms with Gasteiger partial charge in [0, 0.05) is 12.1 Å². The maximum Gasteiger partial charge on any atom is 0.407 e. The predicted octanol–water partition coefficient (Wildman–Crippen LogP) is 3.08. The van der Waals surface area contributed by atoms with Crippen LogP contribution in [0, 0.1) is 0 Å². The van der Waals surface area contributed by atoms with E-state index >= 15 is 0 Å². The lowest BCUT2D eigenvalue weighted by atomic mass is 10.1. The number of alkyl carbamates (subject to hydrolysis) is 1. The van der Waals surface area contributed by atoms with Gasteiger partial charge in [-0.2, -0.15) is 0 Å². The van der Waals surface area contributed by atoms with Gasteiger partial charge in [-0.1, -0.05) is 6.58 Å². The molecule has 0 bridgehead atoms. The highest BCUT2D eigenvalue weighted by Gasteiger charge is 2.26. The Morgan fingerprint density at radius 2 is 1.50 bits per heavy atom. The summed E-state index contributed by atoms with van der Waals surface area (Å²) in [7, 11) is 0. The Kier molecular flexibility index (Phi) is 9.38. The summed E-state index contributed by atoms with van der Waals surface area (Å²) in [5, 5.41) is 5.31. The molecule has 0 spiro atoms. The number of hydrogen-bond acceptors (Lipinski definition) is 5. The number of amides is 2. The number of unbranched alkanes of at least 4 members (excludes halogenated alkanes) is 1. The molecule has 150 valence electrons. The van der Waals surface area contributed by atoms with E-state index in [-0.39, 0.29) is 5.91 Å². The quantitative estimate of drug-likeness (QED) is 0.389. The summed E-state index contributed by atoms with van der Waals surface area (Å²) in [4.78, 5) is 35.7. The average Bonchev–Trinajstić information content (AvgIpc) is 2.41. The van der Waals surface area contributed by atoms with Crippen LogP contribution in [0.4, 0.5) is 4.79 Å². The van der Waals surface area contributed by atoms with Crippen LogP contribution in [-0.2, 0) is 19.1 Å². The van der Waals surface area contributed by atoms with Crippen molar-refractivity contribution in [2.75, 3.05) is 6.54 Å². The van der Waals surface area contributed by atoms with E-state index < -0.39 is 29.3 Å². The molecule has 0 aromatic rings. The topological polar surface area (TPSA) is 93.7 Å². The molecule has 1 atom stereocenters. The highest BCUT2D eigenvalue weighted by Crippen LogP contribution is 2.12. The Labute approximate surface area is 156 Å². The van der Waals surface area contributed by atoms with Crippen LogP contribution in [0.15, 0.2) is 12.2 Å². The Morgan fingerprint density at radius 3 is 1.96 bits per heavy atom. The van der Waals surface area contributed by atoms with E-state index in [1.54, 1.807) is 48.5 Å². The second kappa shape index (κ2) is 10.2. The van der Waals surface area contributed by atoms with Crippen molar-refractivity contribution in [3.63, 3.8) is 0 Å². The van der Waals surface area contributed by atoms with E-state index in [9.17, 15) is 14.4 Å². The largest absolute Gasteiger partial charge is 0.458 e. The molecular weight excluding hydrogens is 336 g/mol. The lowest BCUT2D eigenvalue weighted by Gasteiger charge is -2.24. The molecule has 0 aliphatic heterocycles. The van der Waals surface area contributed by atoms with Gasteiger partial charge in [-0.3, -0.25) is 4.79 Å². The van der Waals surface area contributed by atoms with Crippen molar-refractivity contribution in [2.45, 2.75) is 85.0 Å². The van der Waals surface area contributed by atoms with Gasteiger partial charge >= 0.3 is 12.1 Å². The summed E-state index contributed by atoms with van der Waals surface area (Å²) in [6.07, 6.45) is 1.19. The van der Waals surface area contributed by atoms with Crippen molar-refractivity contribution in [2.24, 2.45) is 0 Å². The SMILES string of the molecule is C=C(C)C(=O)NC(CCCCNC(=O)OC(C)(C)C)C(=O)OC(C)(C)C. The average molecular weight is 370 g/mol. The van der Waals surface area contributed by atoms with Crippen molar-refractivity contribution in [3.8, 4) is 0 Å². The summed E-state index contributed by atoms with van der Waals surface area (Å²) in [6, 6.07) is -0.750. The van der Waals surface area contributed by atoms with Gasteiger partial charge in [0.15, 0.2) is 0 Å². The van der Waals surface area contributed by atoms with Crippen LogP contribution in [0.1, 0.15) is 67.7 Å². The number of esters is 1. The van der Waals surface area contributed by atoms with Crippen LogP contribution in [0.5, 0.6) is 0 Å². The third kappa shape index (κ3) is 12.3. The van der Waals surface area contributed by atoms with Gasteiger partial charge in [-0.05, 0) is 67.7 Å². The fraction of sp³-hybridized carbons (Fsp3) is 0.737. The minimum absolute atomic E-state index is 0.324. The van der Waals surface area contributed by atoms with Crippen molar-refractivity contribution < 1.29 is 23.9 Å². The molecule has 1 unspecified atom stereocenters. The molecular formula is C19H34N2O5. The molecule has 0 fully saturated rings. The van der Waals surface area contributed by atoms with Crippen LogP contribution in [0.3, 0.4) is 0 Å². The number of carbonyl (C=O) groups is 3. The number of ether oxygens (including phenoxy) is 2. The van der Waals surface area contributed by atoms with Crippen molar-refractivity contribution in [3.05, 3.63) is 12.2 Å². The van der Waals surface area contributed by atoms with Crippen LogP contribution < -0.4 is 10.6 Å². The molecule has 7 nitrogen and oxygen atoms in total. The first-order valence-corrected chi connectivity index (χ1v) is 8.87. The second-order valence-corrected chi connectivity index (χ2v) is 8.26. The molecule has 0 heterocycles. The molecule has 26 heavy (non-hydrogen) atoms. The second-order valence-electron chi connectivity index (χ2n) is 8.26. The van der Waals surface area contributed by atoms with Crippen LogP contribution in [0.25, 0.3) is 0 Å². The molecule has 0 aliphatic carbocycles. The zero-order valence-electron chi connectivity index (χ0n) is 17.2. The van der Waals surface area contributed by atoms with Crippen LogP contribution in [-0.4, -0.2) is 41.8 Å². The van der Waals surface area contributed by atoms with Crippen molar-refractivity contribution in [1.29, 1.82) is 0 Å². The van der Waals surface area contributed by atoms with Crippen LogP contribution >= 0.6 is 0 Å². The third-order valence-corrected chi connectivity index (χ3v) is 2.97. The van der Waals surface area contributed by atoms with E-state index in [1.165, 1.54) is 0 Å². The predicted molar refractivity (Wildman–Crippen MR) is 101 cm³/mol. The summed E-state index contributed by atoms with van der Waals surface area (Å²) >= 11 is 0. The Morgan fingerprint density at radius 1 is 0.962 bits per heavy atom. The van der Waals surface area contributed by atoms with E-state index in [0.29, 0.717) is 31.4 Å². The summed E-state index contributed by atoms with van der Waals surface area (Å²) < 4.78 is 10.5. The van der Waals surface area contributed by atoms with Crippen molar-refractivity contribution in [1.82, 2.24) is 10.6 Å². The number of rotatable bonds is 8. The third-order valence-electron chi connectivity index (χ3n) is 2.97. The lowest BCUT2D eigenvalue weighted by molar-refractivity contribution is -0.158. The zero-order chi connectivity index (χ0) is 20.5. The molecule has 0 radical (unpaired) electrons. The van der Waals surface area contributed by atoms with Crippen LogP contribution in [0.2, 0.25) is 0 Å². The fourth-order valence-electron chi connectivity index (χ4n) is 1.88. The molecule has 2 amide bonds. The first-order valence-electron chi connectivity index (χ1n) is 8.87. The molecule has 2 N–H and O–H groups in total. The van der Waals surface area contributed by atoms with Crippen molar-refractivity contribution >= 4 is 18.0 Å². The van der Waals surface area contributed by atoms with Gasteiger partial charge < -0.3 is 20.1 Å². The summed E-state index contributed by atoms with van der Waals surface area (Å²) in [6.45, 7) is 16.3. The molecule has 0 aromatic heterocycles. The number of hydrogen-bond donors (Lipinski definition) is 2. The van der Waals surface area contributed by atoms with Gasteiger partial charge in [0.1, 0.15) is 17.2 Å². The Bertz CT molecular complexity index is 515.